The molecule has 1 saturated carbocycles. The fourth-order valence-electron chi connectivity index (χ4n) is 6.28. The highest BCUT2D eigenvalue weighted by Crippen LogP contribution is 2.53. The summed E-state index contributed by atoms with van der Waals surface area (Å²) in [6.07, 6.45) is 2.03. The van der Waals surface area contributed by atoms with Crippen LogP contribution in [0.5, 0.6) is 0 Å². The van der Waals surface area contributed by atoms with Crippen molar-refractivity contribution in [2.75, 3.05) is 12.4 Å². The molecule has 0 radical (unpaired) electrons. The Labute approximate surface area is 227 Å². The quantitative estimate of drug-likeness (QED) is 0.378. The summed E-state index contributed by atoms with van der Waals surface area (Å²) in [5, 5.41) is 19.4. The number of aliphatic hydroxyl groups is 1. The van der Waals surface area contributed by atoms with E-state index in [0.29, 0.717) is 30.5 Å². The first-order chi connectivity index (χ1) is 17.7. The van der Waals surface area contributed by atoms with Gasteiger partial charge in [0, 0.05) is 30.7 Å². The van der Waals surface area contributed by atoms with Crippen LogP contribution in [0.3, 0.4) is 0 Å². The minimum Gasteiger partial charge on any atom is -0.390 e. The van der Waals surface area contributed by atoms with Crippen molar-refractivity contribution in [1.29, 1.82) is 0 Å². The van der Waals surface area contributed by atoms with Crippen molar-refractivity contribution in [3.05, 3.63) is 64.2 Å². The second-order valence-corrected chi connectivity index (χ2v) is 12.6. The van der Waals surface area contributed by atoms with Gasteiger partial charge in [0.1, 0.15) is 17.9 Å². The molecule has 0 aromatic heterocycles. The molecule has 0 bridgehead atoms. The second-order valence-electron chi connectivity index (χ2n) is 12.2. The van der Waals surface area contributed by atoms with E-state index in [4.69, 9.17) is 11.6 Å². The first-order valence-corrected chi connectivity index (χ1v) is 13.3. The fourth-order valence-corrected chi connectivity index (χ4v) is 6.46. The maximum Gasteiger partial charge on any atom is 0.238 e. The third-order valence-electron chi connectivity index (χ3n) is 7.85. The van der Waals surface area contributed by atoms with Gasteiger partial charge in [-0.15, -0.1) is 0 Å². The van der Waals surface area contributed by atoms with Gasteiger partial charge in [0.05, 0.1) is 22.1 Å². The Morgan fingerprint density at radius 3 is 2.50 bits per heavy atom. The molecule has 1 saturated heterocycles. The number of rotatable bonds is 7. The molecular weight excluding hydrogens is 512 g/mol. The van der Waals surface area contributed by atoms with Crippen LogP contribution in [0, 0.1) is 17.0 Å². The van der Waals surface area contributed by atoms with E-state index in [0.717, 1.165) is 6.29 Å². The molecule has 1 heterocycles. The lowest BCUT2D eigenvalue weighted by atomic mass is 9.62. The van der Waals surface area contributed by atoms with Crippen LogP contribution in [0.1, 0.15) is 64.0 Å². The number of carbonyl (C=O) groups excluding carboxylic acids is 2. The van der Waals surface area contributed by atoms with E-state index >= 15 is 4.39 Å². The molecule has 2 aromatic rings. The predicted octanol–water partition coefficient (Wildman–Crippen LogP) is 4.69. The first-order valence-electron chi connectivity index (χ1n) is 12.9. The number of aldehydes is 1. The summed E-state index contributed by atoms with van der Waals surface area (Å²) in [5.74, 6) is -2.59. The highest BCUT2D eigenvalue weighted by Gasteiger charge is 2.60. The Balaban J connectivity index is 1.93. The number of hydrogen-bond donors (Lipinski definition) is 4. The molecule has 38 heavy (non-hydrogen) atoms. The van der Waals surface area contributed by atoms with Crippen molar-refractivity contribution in [2.24, 2.45) is 5.41 Å². The van der Waals surface area contributed by atoms with E-state index < -0.39 is 46.6 Å². The topological polar surface area (TPSA) is 90.5 Å². The average molecular weight is 548 g/mol. The summed E-state index contributed by atoms with van der Waals surface area (Å²) >= 11 is 6.20. The van der Waals surface area contributed by atoms with Crippen LogP contribution < -0.4 is 16.0 Å². The van der Waals surface area contributed by atoms with Crippen LogP contribution in [0.2, 0.25) is 5.02 Å². The summed E-state index contributed by atoms with van der Waals surface area (Å²) in [6.45, 7) is 7.77. The van der Waals surface area contributed by atoms with E-state index in [9.17, 15) is 19.1 Å². The van der Waals surface area contributed by atoms with E-state index in [1.54, 1.807) is 26.1 Å². The predicted molar refractivity (Wildman–Crippen MR) is 144 cm³/mol. The van der Waals surface area contributed by atoms with Gasteiger partial charge in [-0.05, 0) is 60.9 Å². The Kier molecular flexibility index (Phi) is 7.64. The van der Waals surface area contributed by atoms with Gasteiger partial charge in [-0.2, -0.15) is 0 Å². The van der Waals surface area contributed by atoms with Gasteiger partial charge >= 0.3 is 0 Å². The van der Waals surface area contributed by atoms with Crippen molar-refractivity contribution in [1.82, 2.24) is 10.6 Å². The fraction of sp³-hybridized carbons (Fsp3) is 0.517. The van der Waals surface area contributed by atoms with Gasteiger partial charge in [-0.1, -0.05) is 50.6 Å². The molecule has 1 aliphatic carbocycles. The van der Waals surface area contributed by atoms with Crippen molar-refractivity contribution >= 4 is 29.5 Å². The molecule has 2 aliphatic rings. The molecule has 2 fully saturated rings. The normalized spacial score (nSPS) is 31.0. The zero-order valence-corrected chi connectivity index (χ0v) is 23.1. The Morgan fingerprint density at radius 2 is 1.92 bits per heavy atom. The minimum absolute atomic E-state index is 0.122. The Bertz CT molecular complexity index is 1220. The van der Waals surface area contributed by atoms with E-state index in [-0.39, 0.29) is 22.0 Å². The second kappa shape index (κ2) is 10.2. The van der Waals surface area contributed by atoms with Gasteiger partial charge < -0.3 is 25.9 Å². The number of amides is 1. The van der Waals surface area contributed by atoms with E-state index in [2.05, 4.69) is 16.0 Å². The van der Waals surface area contributed by atoms with Gasteiger partial charge in [0.25, 0.3) is 0 Å². The van der Waals surface area contributed by atoms with Crippen LogP contribution in [-0.4, -0.2) is 48.1 Å². The van der Waals surface area contributed by atoms with Crippen molar-refractivity contribution in [3.8, 4) is 0 Å². The molecule has 9 heteroatoms. The maximum atomic E-state index is 15.7. The molecule has 4 N–H and O–H groups in total. The summed E-state index contributed by atoms with van der Waals surface area (Å²) in [6, 6.07) is 6.82. The van der Waals surface area contributed by atoms with Crippen LogP contribution >= 0.6 is 11.6 Å². The zero-order chi connectivity index (χ0) is 28.0. The van der Waals surface area contributed by atoms with Gasteiger partial charge in [-0.3, -0.25) is 4.79 Å². The molecular formula is C29H36ClF2N3O3. The first kappa shape index (κ1) is 28.5. The van der Waals surface area contributed by atoms with Crippen LogP contribution in [0.4, 0.5) is 14.5 Å². The summed E-state index contributed by atoms with van der Waals surface area (Å²) in [7, 11) is 1.62. The molecule has 2 aromatic carbocycles. The van der Waals surface area contributed by atoms with Crippen molar-refractivity contribution in [3.63, 3.8) is 0 Å². The van der Waals surface area contributed by atoms with E-state index in [1.807, 2.05) is 20.8 Å². The Morgan fingerprint density at radius 1 is 1.24 bits per heavy atom. The molecule has 1 aliphatic heterocycles. The molecule has 4 rings (SSSR count). The largest absolute Gasteiger partial charge is 0.390 e. The number of anilines is 1. The summed E-state index contributed by atoms with van der Waals surface area (Å²) < 4.78 is 30.0. The minimum atomic E-state index is -1.45. The number of nitrogens with one attached hydrogen (secondary N) is 3. The van der Waals surface area contributed by atoms with Crippen molar-refractivity contribution < 1.29 is 23.5 Å². The Hall–Kier alpha value is -2.55. The summed E-state index contributed by atoms with van der Waals surface area (Å²) in [5.41, 5.74) is -1.61. The lowest BCUT2D eigenvalue weighted by Gasteiger charge is -2.42. The van der Waals surface area contributed by atoms with Crippen LogP contribution in [0.15, 0.2) is 36.4 Å². The van der Waals surface area contributed by atoms with Gasteiger partial charge in [0.15, 0.2) is 0 Å². The average Bonchev–Trinajstić information content (AvgIpc) is 3.12. The smallest absolute Gasteiger partial charge is 0.238 e. The van der Waals surface area contributed by atoms with Crippen LogP contribution in [-0.2, 0) is 15.0 Å². The number of benzene rings is 2. The number of hydrogen-bond acceptors (Lipinski definition) is 5. The zero-order valence-electron chi connectivity index (χ0n) is 22.4. The van der Waals surface area contributed by atoms with Gasteiger partial charge in [-0.25, -0.2) is 8.78 Å². The lowest BCUT2D eigenvalue weighted by Crippen LogP contribution is -2.57. The lowest BCUT2D eigenvalue weighted by molar-refractivity contribution is -0.127. The summed E-state index contributed by atoms with van der Waals surface area (Å²) in [4.78, 5) is 27.2. The van der Waals surface area contributed by atoms with Crippen LogP contribution in [0.25, 0.3) is 0 Å². The molecule has 206 valence electrons. The molecule has 4 atom stereocenters. The monoisotopic (exact) mass is 547 g/mol. The van der Waals surface area contributed by atoms with E-state index in [1.165, 1.54) is 24.3 Å². The number of halogens is 3. The van der Waals surface area contributed by atoms with Gasteiger partial charge in [0.2, 0.25) is 5.91 Å². The third kappa shape index (κ3) is 5.18. The van der Waals surface area contributed by atoms with Crippen molar-refractivity contribution in [2.45, 2.75) is 82.0 Å². The highest BCUT2D eigenvalue weighted by molar-refractivity contribution is 6.30. The maximum absolute atomic E-state index is 15.7. The molecule has 6 nitrogen and oxygen atoms in total. The highest BCUT2D eigenvalue weighted by atomic mass is 35.5. The third-order valence-corrected chi connectivity index (χ3v) is 8.14. The number of carbonyl (C=O) groups is 2. The molecule has 0 spiro atoms. The molecule has 1 amide bonds. The SMILES string of the molecule is CNc1cc(F)ccc1C1(C=O)C(CC(C)(C)C)NC(C(=O)NC2CC(C)(O)C2)C1c1cccc(Cl)c1F. The standard InChI is InChI=1S/C29H36ClF2N3O3/c1-27(2,3)14-22-29(15-36,19-10-9-16(31)11-21(19)33-5)23(18-7-6-8-20(30)24(18)32)25(35-22)26(37)34-17-12-28(4,38)13-17/h6-11,15,17,22-23,25,33,35,38H,12-14H2,1-5H3,(H,34,37). The molecule has 4 unspecified atom stereocenters.